The zero-order chi connectivity index (χ0) is 46.3. The van der Waals surface area contributed by atoms with E-state index in [9.17, 15) is 24.0 Å². The Morgan fingerprint density at radius 2 is 1.55 bits per heavy atom. The van der Waals surface area contributed by atoms with E-state index in [-0.39, 0.29) is 62.1 Å². The summed E-state index contributed by atoms with van der Waals surface area (Å²) in [5, 5.41) is 5.61. The van der Waals surface area contributed by atoms with Gasteiger partial charge in [-0.05, 0) is 55.7 Å². The van der Waals surface area contributed by atoms with Crippen molar-refractivity contribution in [1.29, 1.82) is 0 Å². The minimum Gasteiger partial charge on any atom is -0.490 e. The number of carbonyl (C=O) groups excluding carboxylic acids is 5. The van der Waals surface area contributed by atoms with Crippen molar-refractivity contribution in [2.45, 2.75) is 37.8 Å². The van der Waals surface area contributed by atoms with E-state index in [1.54, 1.807) is 24.5 Å². The number of imidazole rings is 1. The molecule has 4 aliphatic rings. The van der Waals surface area contributed by atoms with Crippen LogP contribution in [0.15, 0.2) is 73.4 Å². The zero-order valence-electron chi connectivity index (χ0n) is 36.9. The van der Waals surface area contributed by atoms with Gasteiger partial charge in [-0.3, -0.25) is 44.1 Å². The number of rotatable bonds is 18. The number of nitrogens with one attached hydrogen (secondary N) is 2. The number of anilines is 4. The van der Waals surface area contributed by atoms with E-state index >= 15 is 0 Å². The summed E-state index contributed by atoms with van der Waals surface area (Å²) in [5.41, 5.74) is 10.0. The number of carbonyl (C=O) groups is 5. The number of hydrogen-bond acceptors (Lipinski definition) is 17. The van der Waals surface area contributed by atoms with Crippen molar-refractivity contribution in [3.05, 3.63) is 84.6 Å². The van der Waals surface area contributed by atoms with Crippen LogP contribution >= 0.6 is 0 Å². The highest BCUT2D eigenvalue weighted by molar-refractivity contribution is 6.24. The molecule has 2 aromatic carbocycles. The van der Waals surface area contributed by atoms with Gasteiger partial charge in [0.2, 0.25) is 17.7 Å². The van der Waals surface area contributed by atoms with Gasteiger partial charge in [0.25, 0.3) is 11.8 Å². The van der Waals surface area contributed by atoms with Crippen LogP contribution in [0.5, 0.6) is 5.75 Å². The zero-order valence-corrected chi connectivity index (χ0v) is 36.9. The van der Waals surface area contributed by atoms with E-state index in [0.29, 0.717) is 67.6 Å². The number of amides is 5. The minimum atomic E-state index is -1.05. The fraction of sp³-hybridized carbons (Fsp3) is 0.413. The van der Waals surface area contributed by atoms with Gasteiger partial charge in [-0.25, -0.2) is 15.0 Å². The second-order valence-electron chi connectivity index (χ2n) is 16.5. The quantitative estimate of drug-likeness (QED) is 0.0843. The molecular formula is C46H52N12O9. The average molecular weight is 917 g/mol. The van der Waals surface area contributed by atoms with Crippen LogP contribution in [0.1, 0.15) is 46.4 Å². The molecule has 0 bridgehead atoms. The monoisotopic (exact) mass is 916 g/mol. The SMILES string of the molecule is Nc1cncc(-c2cn3ccnc3c(Nc3ccc(N4CCN(C5CCN(C(=O)COCCOCCOCCOc6cccc7c6C(=O)N(C6CCC(=O)NC6=O)C7=O)CC5)CC4)cc3)n2)n1. The highest BCUT2D eigenvalue weighted by atomic mass is 16.6. The third kappa shape index (κ3) is 10.3. The fourth-order valence-corrected chi connectivity index (χ4v) is 8.87. The Kier molecular flexibility index (Phi) is 13.9. The summed E-state index contributed by atoms with van der Waals surface area (Å²) in [7, 11) is 0. The summed E-state index contributed by atoms with van der Waals surface area (Å²) in [6, 6.07) is 12.4. The van der Waals surface area contributed by atoms with Crippen LogP contribution in [0.2, 0.25) is 0 Å². The number of fused-ring (bicyclic) bond motifs is 2. The predicted octanol–water partition coefficient (Wildman–Crippen LogP) is 2.16. The lowest BCUT2D eigenvalue weighted by atomic mass is 10.0. The molecule has 0 saturated carbocycles. The smallest absolute Gasteiger partial charge is 0.266 e. The topological polar surface area (TPSA) is 241 Å². The average Bonchev–Trinajstić information content (AvgIpc) is 3.93. The lowest BCUT2D eigenvalue weighted by molar-refractivity contribution is -0.138. The van der Waals surface area contributed by atoms with Crippen molar-refractivity contribution in [3.8, 4) is 17.1 Å². The first-order valence-corrected chi connectivity index (χ1v) is 22.5. The largest absolute Gasteiger partial charge is 0.490 e. The molecule has 4 aliphatic heterocycles. The number of aromatic nitrogens is 5. The standard InChI is InChI=1S/C46H52N12O9/c47-38-27-48-26-34(51-38)35-28-57-15-12-49-43(57)42(52-35)50-30-4-6-31(7-5-30)54-16-18-55(19-17-54)32-10-13-56(14-11-32)40(60)29-66-23-22-64-20-21-65-24-25-67-37-3-1-2-33-41(37)46(63)58(45(33)62)36-8-9-39(59)53-44(36)61/h1-7,12,15,26-28,32,36H,8-11,13-14,16-25,29H2,(H2,47,51)(H,50,52)(H,53,59,61). The lowest BCUT2D eigenvalue weighted by Gasteiger charge is -2.43. The number of nitrogens with two attached hydrogens (primary N) is 1. The normalized spacial score (nSPS) is 18.1. The molecule has 350 valence electrons. The molecule has 3 aromatic heterocycles. The van der Waals surface area contributed by atoms with Gasteiger partial charge >= 0.3 is 0 Å². The summed E-state index contributed by atoms with van der Waals surface area (Å²) in [6.07, 6.45) is 10.5. The van der Waals surface area contributed by atoms with Gasteiger partial charge < -0.3 is 44.2 Å². The molecule has 0 aliphatic carbocycles. The maximum Gasteiger partial charge on any atom is 0.266 e. The number of piperazine rings is 1. The third-order valence-electron chi connectivity index (χ3n) is 12.3. The first-order valence-electron chi connectivity index (χ1n) is 22.5. The highest BCUT2D eigenvalue weighted by Crippen LogP contribution is 2.34. The summed E-state index contributed by atoms with van der Waals surface area (Å²) >= 11 is 0. The molecule has 0 spiro atoms. The summed E-state index contributed by atoms with van der Waals surface area (Å²) < 4.78 is 24.5. The first-order chi connectivity index (χ1) is 32.7. The molecule has 4 N–H and O–H groups in total. The van der Waals surface area contributed by atoms with Crippen molar-refractivity contribution >= 4 is 58.2 Å². The van der Waals surface area contributed by atoms with Gasteiger partial charge in [0.15, 0.2) is 11.5 Å². The van der Waals surface area contributed by atoms with Crippen LogP contribution in [0, 0.1) is 0 Å². The Hall–Kier alpha value is -7.07. The van der Waals surface area contributed by atoms with Gasteiger partial charge in [-0.1, -0.05) is 6.07 Å². The van der Waals surface area contributed by atoms with Crippen LogP contribution in [0.4, 0.5) is 23.0 Å². The van der Waals surface area contributed by atoms with E-state index in [4.69, 9.17) is 29.7 Å². The molecule has 3 saturated heterocycles. The first kappa shape index (κ1) is 45.1. The van der Waals surface area contributed by atoms with Gasteiger partial charge in [0.1, 0.15) is 42.2 Å². The molecular weight excluding hydrogens is 865 g/mol. The van der Waals surface area contributed by atoms with Crippen LogP contribution in [-0.4, -0.2) is 166 Å². The van der Waals surface area contributed by atoms with E-state index in [1.165, 1.54) is 12.3 Å². The van der Waals surface area contributed by atoms with Crippen LogP contribution in [0.25, 0.3) is 17.0 Å². The van der Waals surface area contributed by atoms with E-state index < -0.39 is 29.7 Å². The van der Waals surface area contributed by atoms with Crippen LogP contribution in [0.3, 0.4) is 0 Å². The molecule has 0 radical (unpaired) electrons. The van der Waals surface area contributed by atoms with E-state index in [1.807, 2.05) is 21.7 Å². The van der Waals surface area contributed by atoms with Gasteiger partial charge in [0, 0.05) is 81.7 Å². The second kappa shape index (κ2) is 20.6. The minimum absolute atomic E-state index is 0.00641. The third-order valence-corrected chi connectivity index (χ3v) is 12.3. The number of imide groups is 2. The maximum absolute atomic E-state index is 13.2. The van der Waals surface area contributed by atoms with Crippen molar-refractivity contribution in [3.63, 3.8) is 0 Å². The molecule has 9 rings (SSSR count). The van der Waals surface area contributed by atoms with Crippen LogP contribution < -0.4 is 26.0 Å². The summed E-state index contributed by atoms with van der Waals surface area (Å²) in [6.45, 7) is 6.66. The molecule has 21 heteroatoms. The Morgan fingerprint density at radius 3 is 2.30 bits per heavy atom. The van der Waals surface area contributed by atoms with E-state index in [0.717, 1.165) is 55.3 Å². The fourth-order valence-electron chi connectivity index (χ4n) is 8.87. The number of hydrogen-bond donors (Lipinski definition) is 3. The van der Waals surface area contributed by atoms with Crippen molar-refractivity contribution in [2.24, 2.45) is 0 Å². The summed E-state index contributed by atoms with van der Waals surface area (Å²) in [4.78, 5) is 88.6. The Bertz CT molecular complexity index is 2610. The van der Waals surface area contributed by atoms with Crippen molar-refractivity contribution < 1.29 is 42.9 Å². The van der Waals surface area contributed by atoms with Gasteiger partial charge in [-0.2, -0.15) is 0 Å². The highest BCUT2D eigenvalue weighted by Gasteiger charge is 2.46. The number of ether oxygens (including phenoxy) is 4. The Balaban J connectivity index is 0.620. The summed E-state index contributed by atoms with van der Waals surface area (Å²) in [5.74, 6) is -1.22. The molecule has 5 aromatic rings. The predicted molar refractivity (Wildman–Crippen MR) is 243 cm³/mol. The molecule has 1 atom stereocenters. The molecule has 7 heterocycles. The Morgan fingerprint density at radius 1 is 0.806 bits per heavy atom. The number of likely N-dealkylation sites (tertiary alicyclic amines) is 1. The molecule has 5 amide bonds. The van der Waals surface area contributed by atoms with Crippen molar-refractivity contribution in [2.75, 3.05) is 101 Å². The lowest BCUT2D eigenvalue weighted by Crippen LogP contribution is -2.54. The van der Waals surface area contributed by atoms with Gasteiger partial charge in [-0.15, -0.1) is 0 Å². The molecule has 3 fully saturated rings. The molecule has 67 heavy (non-hydrogen) atoms. The van der Waals surface area contributed by atoms with Gasteiger partial charge in [0.05, 0.1) is 56.6 Å². The number of piperidine rings is 2. The van der Waals surface area contributed by atoms with Crippen LogP contribution in [-0.2, 0) is 28.6 Å². The number of nitrogen functional groups attached to an aromatic ring is 1. The number of benzene rings is 2. The molecule has 1 unspecified atom stereocenters. The second-order valence-corrected chi connectivity index (χ2v) is 16.5. The maximum atomic E-state index is 13.2. The number of nitrogens with zero attached hydrogens (tertiary/aromatic N) is 9. The Labute approximate surface area is 385 Å². The molecule has 21 nitrogen and oxygen atoms in total. The van der Waals surface area contributed by atoms with E-state index in [2.05, 4.69) is 59.7 Å². The van der Waals surface area contributed by atoms with Crippen molar-refractivity contribution in [1.82, 2.24) is 44.4 Å².